The second kappa shape index (κ2) is 6.29. The van der Waals surface area contributed by atoms with E-state index in [-0.39, 0.29) is 23.9 Å². The van der Waals surface area contributed by atoms with Crippen molar-refractivity contribution in [2.75, 3.05) is 11.9 Å². The monoisotopic (exact) mass is 290 g/mol. The summed E-state index contributed by atoms with van der Waals surface area (Å²) in [6.45, 7) is 13.3. The van der Waals surface area contributed by atoms with Crippen LogP contribution in [0.2, 0.25) is 0 Å². The van der Waals surface area contributed by atoms with Crippen molar-refractivity contribution in [3.63, 3.8) is 0 Å². The predicted molar refractivity (Wildman–Crippen MR) is 86.4 cm³/mol. The molecule has 0 unspecified atom stereocenters. The normalized spacial score (nSPS) is 11.2. The van der Waals surface area contributed by atoms with Crippen LogP contribution < -0.4 is 5.32 Å². The summed E-state index contributed by atoms with van der Waals surface area (Å²) < 4.78 is 0. The molecule has 0 atom stereocenters. The van der Waals surface area contributed by atoms with E-state index in [0.717, 1.165) is 16.8 Å². The van der Waals surface area contributed by atoms with Crippen molar-refractivity contribution in [1.82, 2.24) is 4.90 Å². The van der Waals surface area contributed by atoms with E-state index < -0.39 is 0 Å². The second-order valence-electron chi connectivity index (χ2n) is 6.60. The van der Waals surface area contributed by atoms with E-state index in [1.165, 1.54) is 12.5 Å². The van der Waals surface area contributed by atoms with Crippen molar-refractivity contribution in [3.8, 4) is 0 Å². The smallest absolute Gasteiger partial charge is 0.244 e. The molecule has 0 heterocycles. The number of hydrogen-bond donors (Lipinski definition) is 1. The number of nitrogens with one attached hydrogen (secondary N) is 1. The van der Waals surface area contributed by atoms with Gasteiger partial charge in [-0.25, -0.2) is 0 Å². The summed E-state index contributed by atoms with van der Waals surface area (Å²) in [6, 6.07) is 4.07. The van der Waals surface area contributed by atoms with E-state index in [4.69, 9.17) is 0 Å². The lowest BCUT2D eigenvalue weighted by atomic mass is 10.0. The lowest BCUT2D eigenvalue weighted by Gasteiger charge is -2.34. The van der Waals surface area contributed by atoms with Gasteiger partial charge in [0.25, 0.3) is 0 Å². The largest absolute Gasteiger partial charge is 0.329 e. The fourth-order valence-electron chi connectivity index (χ4n) is 2.52. The van der Waals surface area contributed by atoms with Gasteiger partial charge in [0.2, 0.25) is 11.8 Å². The molecule has 0 aromatic heterocycles. The number of carbonyl (C=O) groups excluding carboxylic acids is 2. The molecular formula is C17H26N2O2. The van der Waals surface area contributed by atoms with Crippen LogP contribution in [-0.4, -0.2) is 28.8 Å². The van der Waals surface area contributed by atoms with Gasteiger partial charge in [-0.3, -0.25) is 9.59 Å². The highest BCUT2D eigenvalue weighted by molar-refractivity contribution is 5.95. The molecular weight excluding hydrogens is 264 g/mol. The Hall–Kier alpha value is -1.84. The standard InChI is InChI=1S/C17H26N2O2/c1-11-8-12(2)16(13(3)9-11)18-15(21)10-19(14(4)20)17(5,6)7/h8-9H,10H2,1-7H3,(H,18,21). The molecule has 0 spiro atoms. The molecule has 21 heavy (non-hydrogen) atoms. The van der Waals surface area contributed by atoms with Crippen LogP contribution in [0.4, 0.5) is 5.69 Å². The molecule has 0 radical (unpaired) electrons. The van der Waals surface area contributed by atoms with Gasteiger partial charge in [0.05, 0.1) is 0 Å². The Labute approximate surface area is 127 Å². The molecule has 1 aromatic carbocycles. The zero-order chi connectivity index (χ0) is 16.4. The summed E-state index contributed by atoms with van der Waals surface area (Å²) in [5.74, 6) is -0.273. The molecule has 0 aliphatic carbocycles. The first-order valence-corrected chi connectivity index (χ1v) is 7.18. The van der Waals surface area contributed by atoms with Crippen LogP contribution in [0.5, 0.6) is 0 Å². The number of nitrogens with zero attached hydrogens (tertiary/aromatic N) is 1. The van der Waals surface area contributed by atoms with Crippen molar-refractivity contribution < 1.29 is 9.59 Å². The van der Waals surface area contributed by atoms with Crippen molar-refractivity contribution in [2.24, 2.45) is 0 Å². The number of hydrogen-bond acceptors (Lipinski definition) is 2. The third-order valence-corrected chi connectivity index (χ3v) is 3.43. The number of rotatable bonds is 3. The summed E-state index contributed by atoms with van der Waals surface area (Å²) in [6.07, 6.45) is 0. The predicted octanol–water partition coefficient (Wildman–Crippen LogP) is 3.20. The number of carbonyl (C=O) groups is 2. The maximum atomic E-state index is 12.3. The fraction of sp³-hybridized carbons (Fsp3) is 0.529. The Balaban J connectivity index is 2.90. The van der Waals surface area contributed by atoms with Crippen LogP contribution in [-0.2, 0) is 9.59 Å². The molecule has 0 bridgehead atoms. The van der Waals surface area contributed by atoms with Gasteiger partial charge in [-0.2, -0.15) is 0 Å². The molecule has 0 saturated carbocycles. The topological polar surface area (TPSA) is 49.4 Å². The average molecular weight is 290 g/mol. The number of aryl methyl sites for hydroxylation is 3. The number of amides is 2. The molecule has 0 aliphatic rings. The lowest BCUT2D eigenvalue weighted by molar-refractivity contribution is -0.137. The maximum absolute atomic E-state index is 12.3. The third-order valence-electron chi connectivity index (χ3n) is 3.43. The number of benzene rings is 1. The molecule has 116 valence electrons. The molecule has 4 nitrogen and oxygen atoms in total. The highest BCUT2D eigenvalue weighted by Gasteiger charge is 2.26. The Morgan fingerprint density at radius 1 is 1.10 bits per heavy atom. The highest BCUT2D eigenvalue weighted by Crippen LogP contribution is 2.22. The minimum atomic E-state index is -0.374. The Kier molecular flexibility index (Phi) is 5.15. The first-order chi connectivity index (χ1) is 9.52. The van der Waals surface area contributed by atoms with Gasteiger partial charge in [0.1, 0.15) is 6.54 Å². The van der Waals surface area contributed by atoms with Gasteiger partial charge in [-0.15, -0.1) is 0 Å². The minimum Gasteiger partial charge on any atom is -0.329 e. The molecule has 0 aliphatic heterocycles. The van der Waals surface area contributed by atoms with E-state index >= 15 is 0 Å². The number of anilines is 1. The minimum absolute atomic E-state index is 0.0611. The van der Waals surface area contributed by atoms with Crippen molar-refractivity contribution in [3.05, 3.63) is 28.8 Å². The van der Waals surface area contributed by atoms with E-state index in [0.29, 0.717) is 0 Å². The van der Waals surface area contributed by atoms with Crippen LogP contribution in [0, 0.1) is 20.8 Å². The van der Waals surface area contributed by atoms with Crippen LogP contribution >= 0.6 is 0 Å². The van der Waals surface area contributed by atoms with Gasteiger partial charge in [-0.05, 0) is 52.7 Å². The molecule has 1 aromatic rings. The van der Waals surface area contributed by atoms with E-state index in [1.807, 2.05) is 53.7 Å². The Morgan fingerprint density at radius 2 is 1.57 bits per heavy atom. The summed E-state index contributed by atoms with van der Waals surface area (Å²) >= 11 is 0. The molecule has 0 saturated heterocycles. The molecule has 1 rings (SSSR count). The lowest BCUT2D eigenvalue weighted by Crippen LogP contribution is -2.48. The second-order valence-corrected chi connectivity index (χ2v) is 6.60. The third kappa shape index (κ3) is 4.59. The molecule has 4 heteroatoms. The Bertz CT molecular complexity index is 533. The quantitative estimate of drug-likeness (QED) is 0.929. The van der Waals surface area contributed by atoms with Gasteiger partial charge in [0.15, 0.2) is 0 Å². The van der Waals surface area contributed by atoms with Gasteiger partial charge < -0.3 is 10.2 Å². The first kappa shape index (κ1) is 17.2. The van der Waals surface area contributed by atoms with Crippen LogP contribution in [0.15, 0.2) is 12.1 Å². The van der Waals surface area contributed by atoms with Gasteiger partial charge >= 0.3 is 0 Å². The molecule has 2 amide bonds. The van der Waals surface area contributed by atoms with Crippen molar-refractivity contribution in [1.29, 1.82) is 0 Å². The summed E-state index contributed by atoms with van der Waals surface area (Å²) in [7, 11) is 0. The SMILES string of the molecule is CC(=O)N(CC(=O)Nc1c(C)cc(C)cc1C)C(C)(C)C. The molecule has 1 N–H and O–H groups in total. The molecule has 0 fully saturated rings. The van der Waals surface area contributed by atoms with Gasteiger partial charge in [0, 0.05) is 18.2 Å². The van der Waals surface area contributed by atoms with Crippen LogP contribution in [0.1, 0.15) is 44.4 Å². The van der Waals surface area contributed by atoms with E-state index in [2.05, 4.69) is 5.32 Å². The Morgan fingerprint density at radius 3 is 1.95 bits per heavy atom. The first-order valence-electron chi connectivity index (χ1n) is 7.18. The highest BCUT2D eigenvalue weighted by atomic mass is 16.2. The van der Waals surface area contributed by atoms with E-state index in [1.54, 1.807) is 4.90 Å². The summed E-state index contributed by atoms with van der Waals surface area (Å²) in [5.41, 5.74) is 3.70. The summed E-state index contributed by atoms with van der Waals surface area (Å²) in [4.78, 5) is 25.5. The van der Waals surface area contributed by atoms with Gasteiger partial charge in [-0.1, -0.05) is 17.7 Å². The van der Waals surface area contributed by atoms with Crippen molar-refractivity contribution in [2.45, 2.75) is 54.0 Å². The van der Waals surface area contributed by atoms with Crippen LogP contribution in [0.3, 0.4) is 0 Å². The zero-order valence-corrected chi connectivity index (χ0v) is 14.1. The van der Waals surface area contributed by atoms with Crippen LogP contribution in [0.25, 0.3) is 0 Å². The summed E-state index contributed by atoms with van der Waals surface area (Å²) in [5, 5.41) is 2.93. The van der Waals surface area contributed by atoms with E-state index in [9.17, 15) is 9.59 Å². The zero-order valence-electron chi connectivity index (χ0n) is 14.1. The fourth-order valence-corrected chi connectivity index (χ4v) is 2.52. The average Bonchev–Trinajstić information content (AvgIpc) is 2.28. The maximum Gasteiger partial charge on any atom is 0.244 e. The van der Waals surface area contributed by atoms with Crippen molar-refractivity contribution >= 4 is 17.5 Å².